The Balaban J connectivity index is 1.76. The summed E-state index contributed by atoms with van der Waals surface area (Å²) in [6.45, 7) is 6.45. The van der Waals surface area contributed by atoms with Crippen LogP contribution in [0.1, 0.15) is 66.2 Å². The van der Waals surface area contributed by atoms with Crippen molar-refractivity contribution in [1.29, 1.82) is 0 Å². The maximum absolute atomic E-state index is 13.0. The summed E-state index contributed by atoms with van der Waals surface area (Å²) in [6, 6.07) is 0. The standard InChI is InChI=1S/C25H34O7S/c1-13(26)32-11-19(29)17-5-6-18-21-20(33-14(2)27)10-15-9-16(28)7-8-23(15,3)22(21)25(30,31)12-24(17,18)4/h9,17-18,20-22,30-31H,5-8,10-12H2,1-4H3/t17-,18+,20?,21-,22+,23+,24-/m1/s1. The highest BCUT2D eigenvalue weighted by atomic mass is 32.2. The number of carbonyl (C=O) groups is 4. The number of allylic oxidation sites excluding steroid dienone is 1. The van der Waals surface area contributed by atoms with Crippen molar-refractivity contribution in [3.8, 4) is 0 Å². The van der Waals surface area contributed by atoms with Crippen LogP contribution in [0.15, 0.2) is 11.6 Å². The lowest BCUT2D eigenvalue weighted by molar-refractivity contribution is -0.293. The van der Waals surface area contributed by atoms with Crippen LogP contribution >= 0.6 is 11.8 Å². The number of aliphatic hydroxyl groups is 2. The van der Waals surface area contributed by atoms with Crippen LogP contribution in [0, 0.1) is 34.5 Å². The third kappa shape index (κ3) is 4.02. The molecule has 0 aromatic heterocycles. The topological polar surface area (TPSA) is 118 Å². The highest BCUT2D eigenvalue weighted by molar-refractivity contribution is 8.14. The number of hydrogen-bond donors (Lipinski definition) is 2. The fourth-order valence-electron chi connectivity index (χ4n) is 7.88. The maximum atomic E-state index is 13.0. The minimum Gasteiger partial charge on any atom is -0.458 e. The van der Waals surface area contributed by atoms with E-state index in [-0.39, 0.29) is 46.8 Å². The third-order valence-corrected chi connectivity index (χ3v) is 10.1. The summed E-state index contributed by atoms with van der Waals surface area (Å²) in [5.41, 5.74) is -0.313. The molecule has 1 unspecified atom stereocenters. The number of fused-ring (bicyclic) bond motifs is 5. The van der Waals surface area contributed by atoms with Crippen LogP contribution < -0.4 is 0 Å². The van der Waals surface area contributed by atoms with Crippen molar-refractivity contribution >= 4 is 34.4 Å². The van der Waals surface area contributed by atoms with E-state index >= 15 is 0 Å². The minimum atomic E-state index is -2.05. The van der Waals surface area contributed by atoms with Gasteiger partial charge in [0.2, 0.25) is 0 Å². The van der Waals surface area contributed by atoms with Gasteiger partial charge in [-0.25, -0.2) is 0 Å². The quantitative estimate of drug-likeness (QED) is 0.468. The summed E-state index contributed by atoms with van der Waals surface area (Å²) >= 11 is 1.22. The SMILES string of the molecule is CC(=O)OCC(=O)[C@H]1CC[C@H]2[C@@H]3C(SC(C)=O)CC4=CC(=O)CC[C@]4(C)[C@H]3C(O)(O)C[C@]12C. The zero-order chi connectivity index (χ0) is 24.3. The Kier molecular flexibility index (Phi) is 6.20. The van der Waals surface area contributed by atoms with Crippen LogP contribution in [0.4, 0.5) is 0 Å². The number of esters is 1. The molecule has 0 heterocycles. The van der Waals surface area contributed by atoms with Crippen molar-refractivity contribution < 1.29 is 34.1 Å². The molecule has 0 aliphatic heterocycles. The zero-order valence-electron chi connectivity index (χ0n) is 19.8. The second-order valence-corrected chi connectivity index (χ2v) is 12.4. The summed E-state index contributed by atoms with van der Waals surface area (Å²) in [5, 5.41) is 22.9. The number of ether oxygens (including phenoxy) is 1. The Morgan fingerprint density at radius 2 is 1.88 bits per heavy atom. The van der Waals surface area contributed by atoms with E-state index in [9.17, 15) is 29.4 Å². The molecule has 0 aromatic rings. The second kappa shape index (κ2) is 8.31. The number of ketones is 2. The number of hydrogen-bond acceptors (Lipinski definition) is 8. The van der Waals surface area contributed by atoms with Crippen molar-refractivity contribution in [2.24, 2.45) is 34.5 Å². The molecule has 3 fully saturated rings. The number of rotatable bonds is 4. The lowest BCUT2D eigenvalue weighted by Crippen LogP contribution is -2.65. The molecule has 7 nitrogen and oxygen atoms in total. The van der Waals surface area contributed by atoms with Gasteiger partial charge >= 0.3 is 5.97 Å². The van der Waals surface area contributed by atoms with Crippen molar-refractivity contribution in [3.05, 3.63) is 11.6 Å². The summed E-state index contributed by atoms with van der Waals surface area (Å²) in [5.74, 6) is -3.85. The fourth-order valence-corrected chi connectivity index (χ4v) is 9.07. The lowest BCUT2D eigenvalue weighted by atomic mass is 9.44. The highest BCUT2D eigenvalue weighted by Gasteiger charge is 2.69. The van der Waals surface area contributed by atoms with Gasteiger partial charge in [-0.15, -0.1) is 0 Å². The number of Topliss-reactive ketones (excluding diaryl/α,β-unsaturated/α-hetero) is 1. The van der Waals surface area contributed by atoms with Crippen molar-refractivity contribution in [3.63, 3.8) is 0 Å². The molecule has 0 spiro atoms. The van der Waals surface area contributed by atoms with E-state index in [0.717, 1.165) is 12.0 Å². The summed E-state index contributed by atoms with van der Waals surface area (Å²) < 4.78 is 4.97. The van der Waals surface area contributed by atoms with Crippen LogP contribution in [-0.4, -0.2) is 50.5 Å². The van der Waals surface area contributed by atoms with E-state index in [1.54, 1.807) is 6.08 Å². The van der Waals surface area contributed by atoms with Crippen LogP contribution in [0.2, 0.25) is 0 Å². The predicted octanol–water partition coefficient (Wildman–Crippen LogP) is 2.82. The predicted molar refractivity (Wildman–Crippen MR) is 122 cm³/mol. The van der Waals surface area contributed by atoms with E-state index in [2.05, 4.69) is 0 Å². The van der Waals surface area contributed by atoms with E-state index < -0.39 is 34.4 Å². The first-order valence-electron chi connectivity index (χ1n) is 11.8. The van der Waals surface area contributed by atoms with Crippen molar-refractivity contribution in [2.45, 2.75) is 77.3 Å². The largest absolute Gasteiger partial charge is 0.458 e. The van der Waals surface area contributed by atoms with Gasteiger partial charge in [0, 0.05) is 43.8 Å². The Morgan fingerprint density at radius 3 is 2.52 bits per heavy atom. The van der Waals surface area contributed by atoms with Gasteiger partial charge in [0.25, 0.3) is 0 Å². The smallest absolute Gasteiger partial charge is 0.303 e. The van der Waals surface area contributed by atoms with Crippen LogP contribution in [0.3, 0.4) is 0 Å². The average Bonchev–Trinajstić information content (AvgIpc) is 3.01. The molecule has 182 valence electrons. The van der Waals surface area contributed by atoms with Crippen LogP contribution in [-0.2, 0) is 23.9 Å². The normalized spacial score (nSPS) is 41.3. The molecule has 2 N–H and O–H groups in total. The molecule has 4 aliphatic carbocycles. The summed E-state index contributed by atoms with van der Waals surface area (Å²) in [4.78, 5) is 48.7. The van der Waals surface area contributed by atoms with E-state index in [1.165, 1.54) is 25.6 Å². The van der Waals surface area contributed by atoms with Gasteiger partial charge < -0.3 is 14.9 Å². The van der Waals surface area contributed by atoms with Gasteiger partial charge in [0.15, 0.2) is 22.5 Å². The second-order valence-electron chi connectivity index (χ2n) is 11.0. The first-order chi connectivity index (χ1) is 15.3. The Hall–Kier alpha value is -1.51. The summed E-state index contributed by atoms with van der Waals surface area (Å²) in [7, 11) is 0. The first kappa shape index (κ1) is 24.6. The molecular formula is C25H34O7S. The molecule has 0 saturated heterocycles. The molecule has 3 saturated carbocycles. The monoisotopic (exact) mass is 478 g/mol. The molecule has 0 radical (unpaired) electrons. The molecule has 33 heavy (non-hydrogen) atoms. The first-order valence-corrected chi connectivity index (χ1v) is 12.7. The van der Waals surface area contributed by atoms with Gasteiger partial charge in [0.05, 0.1) is 0 Å². The fraction of sp³-hybridized carbons (Fsp3) is 0.760. The lowest BCUT2D eigenvalue weighted by Gasteiger charge is -2.63. The van der Waals surface area contributed by atoms with Gasteiger partial charge in [-0.3, -0.25) is 19.2 Å². The molecular weight excluding hydrogens is 444 g/mol. The van der Waals surface area contributed by atoms with Crippen LogP contribution in [0.5, 0.6) is 0 Å². The average molecular weight is 479 g/mol. The van der Waals surface area contributed by atoms with Gasteiger partial charge in [-0.05, 0) is 54.4 Å². The molecule has 4 aliphatic rings. The third-order valence-electron chi connectivity index (χ3n) is 9.02. The van der Waals surface area contributed by atoms with E-state index in [1.807, 2.05) is 13.8 Å². The molecule has 0 aromatic carbocycles. The number of carbonyl (C=O) groups excluding carboxylic acids is 4. The minimum absolute atomic E-state index is 0.0223. The maximum Gasteiger partial charge on any atom is 0.303 e. The molecule has 0 bridgehead atoms. The molecule has 7 atom stereocenters. The highest BCUT2D eigenvalue weighted by Crippen LogP contribution is 2.69. The van der Waals surface area contributed by atoms with Crippen molar-refractivity contribution in [1.82, 2.24) is 0 Å². The Morgan fingerprint density at radius 1 is 1.18 bits per heavy atom. The Labute approximate surface area is 198 Å². The van der Waals surface area contributed by atoms with Gasteiger partial charge in [-0.1, -0.05) is 31.2 Å². The zero-order valence-corrected chi connectivity index (χ0v) is 20.6. The molecule has 4 rings (SSSR count). The van der Waals surface area contributed by atoms with Crippen LogP contribution in [0.25, 0.3) is 0 Å². The van der Waals surface area contributed by atoms with Gasteiger partial charge in [-0.2, -0.15) is 0 Å². The van der Waals surface area contributed by atoms with E-state index in [4.69, 9.17) is 4.74 Å². The number of thioether (sulfide) groups is 1. The Bertz CT molecular complexity index is 924. The van der Waals surface area contributed by atoms with Gasteiger partial charge in [0.1, 0.15) is 6.61 Å². The molecule has 8 heteroatoms. The molecule has 0 amide bonds. The van der Waals surface area contributed by atoms with Crippen molar-refractivity contribution in [2.75, 3.05) is 6.61 Å². The summed E-state index contributed by atoms with van der Waals surface area (Å²) in [6.07, 6.45) is 4.52. The van der Waals surface area contributed by atoms with E-state index in [0.29, 0.717) is 25.7 Å².